The van der Waals surface area contributed by atoms with Gasteiger partial charge in [0.05, 0.1) is 6.54 Å². The molecule has 0 saturated carbocycles. The zero-order valence-corrected chi connectivity index (χ0v) is 12.5. The van der Waals surface area contributed by atoms with E-state index in [4.69, 9.17) is 4.74 Å². The van der Waals surface area contributed by atoms with Gasteiger partial charge >= 0.3 is 0 Å². The van der Waals surface area contributed by atoms with Crippen molar-refractivity contribution in [2.45, 2.75) is 44.8 Å². The molecule has 0 aromatic carbocycles. The molecule has 3 nitrogen and oxygen atoms in total. The summed E-state index contributed by atoms with van der Waals surface area (Å²) in [6.07, 6.45) is 4.94. The molecule has 0 amide bonds. The number of aliphatic imine (C=N–C) groups is 1. The quantitative estimate of drug-likeness (QED) is 0.834. The summed E-state index contributed by atoms with van der Waals surface area (Å²) in [5, 5.41) is 5.43. The van der Waals surface area contributed by atoms with E-state index < -0.39 is 0 Å². The molecule has 0 spiro atoms. The first-order valence-electron chi connectivity index (χ1n) is 7.36. The van der Waals surface area contributed by atoms with Gasteiger partial charge in [-0.3, -0.25) is 4.99 Å². The van der Waals surface area contributed by atoms with E-state index in [9.17, 15) is 0 Å². The molecule has 2 heterocycles. The highest BCUT2D eigenvalue weighted by Crippen LogP contribution is 2.30. The second-order valence-electron chi connectivity index (χ2n) is 5.32. The van der Waals surface area contributed by atoms with Crippen LogP contribution in [0.5, 0.6) is 0 Å². The fraction of sp³-hybridized carbons (Fsp3) is 0.929. The monoisotopic (exact) mass is 270 g/mol. The smallest absolute Gasteiger partial charge is 0.156 e. The Kier molecular flexibility index (Phi) is 5.83. The van der Waals surface area contributed by atoms with Gasteiger partial charge in [-0.1, -0.05) is 38.5 Å². The van der Waals surface area contributed by atoms with Gasteiger partial charge in [-0.15, -0.1) is 0 Å². The molecule has 0 bridgehead atoms. The van der Waals surface area contributed by atoms with Crippen molar-refractivity contribution in [3.8, 4) is 0 Å². The third kappa shape index (κ3) is 3.89. The van der Waals surface area contributed by atoms with Crippen LogP contribution in [-0.2, 0) is 4.74 Å². The standard InChI is InChI=1S/C14H26N2OS/c1-3-12(4-2)13-10-16-14(18-13)15-9-11-5-7-17-8-6-11/h11-13H,3-10H2,1-2H3,(H,15,16). The van der Waals surface area contributed by atoms with E-state index in [-0.39, 0.29) is 0 Å². The summed E-state index contributed by atoms with van der Waals surface area (Å²) >= 11 is 1.96. The molecule has 0 aliphatic carbocycles. The summed E-state index contributed by atoms with van der Waals surface area (Å²) in [6, 6.07) is 0. The lowest BCUT2D eigenvalue weighted by Gasteiger charge is -2.23. The van der Waals surface area contributed by atoms with Crippen molar-refractivity contribution < 1.29 is 4.74 Å². The average molecular weight is 270 g/mol. The van der Waals surface area contributed by atoms with Crippen LogP contribution >= 0.6 is 11.8 Å². The Balaban J connectivity index is 1.68. The number of hydrogen-bond donors (Lipinski definition) is 1. The Morgan fingerprint density at radius 1 is 1.33 bits per heavy atom. The van der Waals surface area contributed by atoms with Crippen molar-refractivity contribution >= 4 is 16.9 Å². The molecule has 1 atom stereocenters. The number of nitrogens with one attached hydrogen (secondary N) is 1. The molecular weight excluding hydrogens is 244 g/mol. The molecule has 1 unspecified atom stereocenters. The first-order chi connectivity index (χ1) is 8.83. The topological polar surface area (TPSA) is 33.6 Å². The van der Waals surface area contributed by atoms with Gasteiger partial charge in [0.2, 0.25) is 0 Å². The minimum Gasteiger partial charge on any atom is -0.381 e. The predicted octanol–water partition coefficient (Wildman–Crippen LogP) is 2.91. The highest BCUT2D eigenvalue weighted by molar-refractivity contribution is 8.14. The van der Waals surface area contributed by atoms with Gasteiger partial charge < -0.3 is 10.1 Å². The summed E-state index contributed by atoms with van der Waals surface area (Å²) in [6.45, 7) is 8.53. The second-order valence-corrected chi connectivity index (χ2v) is 6.54. The van der Waals surface area contributed by atoms with Crippen molar-refractivity contribution in [1.29, 1.82) is 0 Å². The average Bonchev–Trinajstić information content (AvgIpc) is 2.88. The van der Waals surface area contributed by atoms with Crippen LogP contribution in [0.15, 0.2) is 4.99 Å². The lowest BCUT2D eigenvalue weighted by Crippen LogP contribution is -2.30. The Labute approximate surface area is 115 Å². The highest BCUT2D eigenvalue weighted by Gasteiger charge is 2.26. The number of ether oxygens (including phenoxy) is 1. The minimum atomic E-state index is 0.706. The molecule has 1 saturated heterocycles. The maximum absolute atomic E-state index is 5.39. The van der Waals surface area contributed by atoms with Crippen molar-refractivity contribution in [1.82, 2.24) is 5.32 Å². The molecule has 1 N–H and O–H groups in total. The second kappa shape index (κ2) is 7.39. The molecule has 4 heteroatoms. The van der Waals surface area contributed by atoms with Gasteiger partial charge in [0.1, 0.15) is 0 Å². The Hall–Kier alpha value is -0.220. The van der Waals surface area contributed by atoms with Crippen LogP contribution in [0.25, 0.3) is 0 Å². The SMILES string of the molecule is CCC(CC)C1CN=C(NCC2CCOCC2)S1. The van der Waals surface area contributed by atoms with Crippen molar-refractivity contribution in [2.75, 3.05) is 26.3 Å². The molecular formula is C14H26N2OS. The Bertz CT molecular complexity index is 273. The largest absolute Gasteiger partial charge is 0.381 e. The molecule has 18 heavy (non-hydrogen) atoms. The summed E-state index contributed by atoms with van der Waals surface area (Å²) in [7, 11) is 0. The van der Waals surface area contributed by atoms with Crippen LogP contribution in [0.3, 0.4) is 0 Å². The van der Waals surface area contributed by atoms with E-state index in [1.807, 2.05) is 11.8 Å². The molecule has 0 aromatic rings. The highest BCUT2D eigenvalue weighted by atomic mass is 32.2. The van der Waals surface area contributed by atoms with Crippen LogP contribution in [0.4, 0.5) is 0 Å². The first-order valence-corrected chi connectivity index (χ1v) is 8.24. The van der Waals surface area contributed by atoms with Crippen LogP contribution in [-0.4, -0.2) is 36.7 Å². The van der Waals surface area contributed by atoms with Gasteiger partial charge in [-0.2, -0.15) is 0 Å². The predicted molar refractivity (Wildman–Crippen MR) is 79.3 cm³/mol. The number of thioether (sulfide) groups is 1. The van der Waals surface area contributed by atoms with Crippen molar-refractivity contribution in [3.63, 3.8) is 0 Å². The van der Waals surface area contributed by atoms with Gasteiger partial charge in [-0.25, -0.2) is 0 Å². The van der Waals surface area contributed by atoms with E-state index >= 15 is 0 Å². The maximum atomic E-state index is 5.39. The van der Waals surface area contributed by atoms with Gasteiger partial charge in [0, 0.05) is 25.0 Å². The zero-order chi connectivity index (χ0) is 12.8. The van der Waals surface area contributed by atoms with Gasteiger partial charge in [-0.05, 0) is 24.7 Å². The summed E-state index contributed by atoms with van der Waals surface area (Å²) in [4.78, 5) is 4.66. The van der Waals surface area contributed by atoms with E-state index in [1.165, 1.54) is 30.9 Å². The van der Waals surface area contributed by atoms with Crippen LogP contribution in [0.2, 0.25) is 0 Å². The molecule has 0 radical (unpaired) electrons. The van der Waals surface area contributed by atoms with Crippen LogP contribution in [0.1, 0.15) is 39.5 Å². The van der Waals surface area contributed by atoms with Gasteiger partial charge in [0.25, 0.3) is 0 Å². The Morgan fingerprint density at radius 3 is 2.72 bits per heavy atom. The van der Waals surface area contributed by atoms with Crippen molar-refractivity contribution in [2.24, 2.45) is 16.8 Å². The lowest BCUT2D eigenvalue weighted by atomic mass is 9.99. The van der Waals surface area contributed by atoms with E-state index in [2.05, 4.69) is 24.2 Å². The summed E-state index contributed by atoms with van der Waals surface area (Å²) in [5.74, 6) is 1.59. The maximum Gasteiger partial charge on any atom is 0.156 e. The van der Waals surface area contributed by atoms with E-state index in [1.54, 1.807) is 0 Å². The Morgan fingerprint density at radius 2 is 2.06 bits per heavy atom. The van der Waals surface area contributed by atoms with E-state index in [0.29, 0.717) is 5.25 Å². The molecule has 1 fully saturated rings. The molecule has 0 aromatic heterocycles. The zero-order valence-electron chi connectivity index (χ0n) is 11.7. The fourth-order valence-electron chi connectivity index (χ4n) is 2.73. The van der Waals surface area contributed by atoms with Crippen molar-refractivity contribution in [3.05, 3.63) is 0 Å². The first kappa shape index (κ1) is 14.2. The number of amidine groups is 1. The molecule has 2 aliphatic rings. The summed E-state index contributed by atoms with van der Waals surface area (Å²) < 4.78 is 5.39. The van der Waals surface area contributed by atoms with Crippen LogP contribution < -0.4 is 5.32 Å². The minimum absolute atomic E-state index is 0.706. The normalized spacial score (nSPS) is 25.5. The summed E-state index contributed by atoms with van der Waals surface area (Å²) in [5.41, 5.74) is 0. The van der Waals surface area contributed by atoms with Crippen LogP contribution in [0, 0.1) is 11.8 Å². The van der Waals surface area contributed by atoms with Gasteiger partial charge in [0.15, 0.2) is 5.17 Å². The lowest BCUT2D eigenvalue weighted by molar-refractivity contribution is 0.0676. The number of rotatable bonds is 5. The number of nitrogens with zero attached hydrogens (tertiary/aromatic N) is 1. The third-order valence-corrected chi connectivity index (χ3v) is 5.47. The molecule has 104 valence electrons. The molecule has 2 rings (SSSR count). The number of hydrogen-bond acceptors (Lipinski definition) is 4. The molecule has 2 aliphatic heterocycles. The fourth-order valence-corrected chi connectivity index (χ4v) is 4.06. The third-order valence-electron chi connectivity index (χ3n) is 4.14. The van der Waals surface area contributed by atoms with E-state index in [0.717, 1.165) is 38.1 Å².